The van der Waals surface area contributed by atoms with Crippen LogP contribution in [0.4, 0.5) is 10.5 Å². The average Bonchev–Trinajstić information content (AvgIpc) is 2.85. The summed E-state index contributed by atoms with van der Waals surface area (Å²) < 4.78 is 5.38. The van der Waals surface area contributed by atoms with Gasteiger partial charge in [0.05, 0.1) is 23.5 Å². The summed E-state index contributed by atoms with van der Waals surface area (Å²) in [6.07, 6.45) is 10.1. The van der Waals surface area contributed by atoms with E-state index in [1.165, 1.54) is 19.3 Å². The molecule has 9 heteroatoms. The number of piperidine rings is 2. The van der Waals surface area contributed by atoms with Gasteiger partial charge in [-0.15, -0.1) is 0 Å². The molecular weight excluding hydrogens is 470 g/mol. The molecule has 204 valence electrons. The number of nitrogens with one attached hydrogen (secondary N) is 3. The molecule has 3 aliphatic rings. The van der Waals surface area contributed by atoms with Crippen LogP contribution in [-0.2, 0) is 14.3 Å². The molecule has 0 radical (unpaired) electrons. The van der Waals surface area contributed by atoms with Gasteiger partial charge in [-0.05, 0) is 96.7 Å². The zero-order chi connectivity index (χ0) is 26.4. The SMILES string of the molecule is CC(C)(C)OC(=O)NC1CCC(NCCC2CCN(c3ccc(C4CCC(=O)NC4=O)nc3)CC2)CC1. The van der Waals surface area contributed by atoms with Gasteiger partial charge in [0.15, 0.2) is 0 Å². The molecule has 1 aromatic heterocycles. The summed E-state index contributed by atoms with van der Waals surface area (Å²) in [5.74, 6) is -0.0433. The first-order chi connectivity index (χ1) is 17.7. The highest BCUT2D eigenvalue weighted by Gasteiger charge is 2.29. The molecule has 0 aromatic carbocycles. The molecule has 1 aromatic rings. The molecule has 1 atom stereocenters. The number of hydrogen-bond donors (Lipinski definition) is 3. The van der Waals surface area contributed by atoms with Crippen LogP contribution in [0, 0.1) is 5.92 Å². The van der Waals surface area contributed by atoms with Crippen LogP contribution in [0.15, 0.2) is 18.3 Å². The van der Waals surface area contributed by atoms with Crippen LogP contribution in [-0.4, -0.2) is 60.2 Å². The standard InChI is InChI=1S/C28H43N5O4/c1-28(2,3)37-27(36)31-21-6-4-20(5-7-21)29-15-12-19-13-16-33(17-14-19)22-8-10-24(30-18-22)23-9-11-25(34)32-26(23)35/h8,10,18-21,23,29H,4-7,9,11-17H2,1-3H3,(H,31,36)(H,32,34,35). The Morgan fingerprint density at radius 1 is 1.05 bits per heavy atom. The van der Waals surface area contributed by atoms with Crippen molar-refractivity contribution in [2.24, 2.45) is 5.92 Å². The molecule has 0 spiro atoms. The van der Waals surface area contributed by atoms with Gasteiger partial charge in [-0.1, -0.05) is 0 Å². The third-order valence-electron chi connectivity index (χ3n) is 7.78. The fourth-order valence-corrected chi connectivity index (χ4v) is 5.65. The van der Waals surface area contributed by atoms with Crippen LogP contribution in [0.2, 0.25) is 0 Å². The maximum atomic E-state index is 12.1. The molecule has 3 fully saturated rings. The van der Waals surface area contributed by atoms with E-state index in [2.05, 4.69) is 31.9 Å². The van der Waals surface area contributed by atoms with Crippen LogP contribution < -0.4 is 20.9 Å². The summed E-state index contributed by atoms with van der Waals surface area (Å²) in [6, 6.07) is 4.74. The van der Waals surface area contributed by atoms with E-state index in [-0.39, 0.29) is 29.9 Å². The summed E-state index contributed by atoms with van der Waals surface area (Å²) >= 11 is 0. The zero-order valence-electron chi connectivity index (χ0n) is 22.6. The number of hydrogen-bond acceptors (Lipinski definition) is 7. The van der Waals surface area contributed by atoms with Crippen LogP contribution >= 0.6 is 0 Å². The van der Waals surface area contributed by atoms with Crippen LogP contribution in [0.3, 0.4) is 0 Å². The minimum Gasteiger partial charge on any atom is -0.444 e. The highest BCUT2D eigenvalue weighted by molar-refractivity contribution is 6.00. The predicted octanol–water partition coefficient (Wildman–Crippen LogP) is 3.63. The molecule has 3 amide bonds. The number of rotatable bonds is 7. The molecule has 2 aliphatic heterocycles. The highest BCUT2D eigenvalue weighted by Crippen LogP contribution is 2.28. The normalized spacial score (nSPS) is 25.5. The third kappa shape index (κ3) is 8.15. The lowest BCUT2D eigenvalue weighted by molar-refractivity contribution is -0.134. The number of ether oxygens (including phenoxy) is 1. The number of alkyl carbamates (subject to hydrolysis) is 1. The maximum Gasteiger partial charge on any atom is 0.407 e. The smallest absolute Gasteiger partial charge is 0.407 e. The van der Waals surface area contributed by atoms with E-state index in [0.29, 0.717) is 18.9 Å². The van der Waals surface area contributed by atoms with Crippen molar-refractivity contribution in [2.45, 2.75) is 102 Å². The number of imide groups is 1. The lowest BCUT2D eigenvalue weighted by atomic mass is 9.90. The van der Waals surface area contributed by atoms with E-state index < -0.39 is 5.60 Å². The molecule has 1 unspecified atom stereocenters. The second kappa shape index (κ2) is 12.2. The molecule has 2 saturated heterocycles. The fraction of sp³-hybridized carbons (Fsp3) is 0.714. The predicted molar refractivity (Wildman–Crippen MR) is 142 cm³/mol. The number of amides is 3. The Morgan fingerprint density at radius 2 is 1.76 bits per heavy atom. The minimum absolute atomic E-state index is 0.198. The monoisotopic (exact) mass is 513 g/mol. The van der Waals surface area contributed by atoms with Crippen molar-refractivity contribution in [3.63, 3.8) is 0 Å². The van der Waals surface area contributed by atoms with Crippen molar-refractivity contribution < 1.29 is 19.1 Å². The second-order valence-corrected chi connectivity index (χ2v) is 11.8. The Balaban J connectivity index is 1.11. The summed E-state index contributed by atoms with van der Waals surface area (Å²) in [6.45, 7) is 8.74. The maximum absolute atomic E-state index is 12.1. The van der Waals surface area contributed by atoms with Gasteiger partial charge in [0.25, 0.3) is 0 Å². The first-order valence-electron chi connectivity index (χ1n) is 13.9. The number of nitrogens with zero attached hydrogens (tertiary/aromatic N) is 2. The molecule has 3 N–H and O–H groups in total. The quantitative estimate of drug-likeness (QED) is 0.477. The number of aromatic nitrogens is 1. The molecule has 0 bridgehead atoms. The van der Waals surface area contributed by atoms with Gasteiger partial charge < -0.3 is 20.3 Å². The van der Waals surface area contributed by atoms with Gasteiger partial charge in [-0.25, -0.2) is 4.79 Å². The van der Waals surface area contributed by atoms with Crippen LogP contribution in [0.25, 0.3) is 0 Å². The van der Waals surface area contributed by atoms with Gasteiger partial charge >= 0.3 is 6.09 Å². The first kappa shape index (κ1) is 27.4. The molecule has 3 heterocycles. The molecule has 1 aliphatic carbocycles. The lowest BCUT2D eigenvalue weighted by Crippen LogP contribution is -2.44. The van der Waals surface area contributed by atoms with Gasteiger partial charge in [0, 0.05) is 31.6 Å². The minimum atomic E-state index is -0.460. The van der Waals surface area contributed by atoms with E-state index in [1.807, 2.05) is 33.0 Å². The van der Waals surface area contributed by atoms with Crippen molar-refractivity contribution in [1.29, 1.82) is 0 Å². The van der Waals surface area contributed by atoms with E-state index in [9.17, 15) is 14.4 Å². The summed E-state index contributed by atoms with van der Waals surface area (Å²) in [7, 11) is 0. The Morgan fingerprint density at radius 3 is 2.38 bits per heavy atom. The average molecular weight is 514 g/mol. The van der Waals surface area contributed by atoms with E-state index in [0.717, 1.165) is 62.6 Å². The summed E-state index contributed by atoms with van der Waals surface area (Å²) in [5.41, 5.74) is 1.38. The fourth-order valence-electron chi connectivity index (χ4n) is 5.65. The van der Waals surface area contributed by atoms with Crippen molar-refractivity contribution in [2.75, 3.05) is 24.5 Å². The van der Waals surface area contributed by atoms with E-state index in [4.69, 9.17) is 4.74 Å². The Kier molecular flexibility index (Phi) is 9.05. The Labute approximate surface area is 220 Å². The van der Waals surface area contributed by atoms with Crippen molar-refractivity contribution in [3.8, 4) is 0 Å². The molecule has 9 nitrogen and oxygen atoms in total. The second-order valence-electron chi connectivity index (χ2n) is 11.8. The third-order valence-corrected chi connectivity index (χ3v) is 7.78. The van der Waals surface area contributed by atoms with E-state index >= 15 is 0 Å². The largest absolute Gasteiger partial charge is 0.444 e. The molecule has 4 rings (SSSR count). The Bertz CT molecular complexity index is 929. The number of carbonyl (C=O) groups is 3. The van der Waals surface area contributed by atoms with Gasteiger partial charge in [0.1, 0.15) is 5.60 Å². The summed E-state index contributed by atoms with van der Waals surface area (Å²) in [5, 5.41) is 9.17. The van der Waals surface area contributed by atoms with Crippen LogP contribution in [0.5, 0.6) is 0 Å². The molecule has 37 heavy (non-hydrogen) atoms. The summed E-state index contributed by atoms with van der Waals surface area (Å²) in [4.78, 5) is 42.4. The number of anilines is 1. The zero-order valence-corrected chi connectivity index (χ0v) is 22.6. The molecular formula is C28H43N5O4. The van der Waals surface area contributed by atoms with Gasteiger partial charge in [0.2, 0.25) is 11.8 Å². The number of carbonyl (C=O) groups excluding carboxylic acids is 3. The Hall–Kier alpha value is -2.68. The van der Waals surface area contributed by atoms with Crippen molar-refractivity contribution >= 4 is 23.6 Å². The molecule has 1 saturated carbocycles. The van der Waals surface area contributed by atoms with Crippen molar-refractivity contribution in [1.82, 2.24) is 20.9 Å². The highest BCUT2D eigenvalue weighted by atomic mass is 16.6. The van der Waals surface area contributed by atoms with Crippen molar-refractivity contribution in [3.05, 3.63) is 24.0 Å². The lowest BCUT2D eigenvalue weighted by Gasteiger charge is -2.34. The van der Waals surface area contributed by atoms with Crippen LogP contribution in [0.1, 0.15) is 90.2 Å². The number of pyridine rings is 1. The topological polar surface area (TPSA) is 113 Å². The van der Waals surface area contributed by atoms with Gasteiger partial charge in [-0.2, -0.15) is 0 Å². The van der Waals surface area contributed by atoms with E-state index in [1.54, 1.807) is 0 Å². The first-order valence-corrected chi connectivity index (χ1v) is 13.9. The van der Waals surface area contributed by atoms with Gasteiger partial charge in [-0.3, -0.25) is 19.9 Å².